The number of benzene rings is 1. The molecule has 0 aliphatic heterocycles. The van der Waals surface area contributed by atoms with Crippen LogP contribution in [-0.4, -0.2) is 23.6 Å². The maximum Gasteiger partial charge on any atom is 0.279 e. The van der Waals surface area contributed by atoms with E-state index in [1.807, 2.05) is 11.4 Å². The Hall–Kier alpha value is -2.54. The molecule has 0 spiro atoms. The molecule has 0 saturated heterocycles. The summed E-state index contributed by atoms with van der Waals surface area (Å²) in [6, 6.07) is 5.44. The molecule has 3 aromatic rings. The number of rotatable bonds is 4. The number of nitrogens with two attached hydrogens (primary N) is 1. The first kappa shape index (κ1) is 14.4. The van der Waals surface area contributed by atoms with Crippen LogP contribution >= 0.6 is 11.3 Å². The van der Waals surface area contributed by atoms with Crippen LogP contribution in [0.3, 0.4) is 0 Å². The Kier molecular flexibility index (Phi) is 3.72. The highest BCUT2D eigenvalue weighted by atomic mass is 32.1. The van der Waals surface area contributed by atoms with E-state index in [1.54, 1.807) is 36.9 Å². The zero-order valence-electron chi connectivity index (χ0n) is 12.2. The number of nitrogen functional groups attached to an aromatic ring is 1. The van der Waals surface area contributed by atoms with Crippen molar-refractivity contribution in [2.75, 3.05) is 20.0 Å². The van der Waals surface area contributed by atoms with Crippen LogP contribution in [0.4, 0.5) is 5.82 Å². The zero-order valence-corrected chi connectivity index (χ0v) is 13.0. The summed E-state index contributed by atoms with van der Waals surface area (Å²) in [7, 11) is 3.18. The number of aromatic nitrogens is 2. The van der Waals surface area contributed by atoms with Gasteiger partial charge in [0.1, 0.15) is 17.3 Å². The van der Waals surface area contributed by atoms with E-state index < -0.39 is 0 Å². The van der Waals surface area contributed by atoms with Crippen molar-refractivity contribution in [3.05, 3.63) is 51.3 Å². The van der Waals surface area contributed by atoms with Crippen molar-refractivity contribution >= 4 is 22.1 Å². The van der Waals surface area contributed by atoms with E-state index in [4.69, 9.17) is 15.2 Å². The average Bonchev–Trinajstić information content (AvgIpc) is 2.99. The average molecular weight is 317 g/mol. The van der Waals surface area contributed by atoms with Gasteiger partial charge in [-0.05, 0) is 18.2 Å². The van der Waals surface area contributed by atoms with Crippen LogP contribution in [0.1, 0.15) is 11.1 Å². The maximum atomic E-state index is 12.2. The first-order valence-corrected chi connectivity index (χ1v) is 7.47. The molecule has 0 fully saturated rings. The van der Waals surface area contributed by atoms with Gasteiger partial charge in [0.15, 0.2) is 4.96 Å². The third-order valence-electron chi connectivity index (χ3n) is 3.47. The van der Waals surface area contributed by atoms with Gasteiger partial charge >= 0.3 is 0 Å². The second-order valence-corrected chi connectivity index (χ2v) is 5.56. The van der Waals surface area contributed by atoms with Crippen LogP contribution < -0.4 is 20.8 Å². The smallest absolute Gasteiger partial charge is 0.279 e. The normalized spacial score (nSPS) is 10.8. The molecule has 114 valence electrons. The van der Waals surface area contributed by atoms with E-state index in [0.29, 0.717) is 34.3 Å². The highest BCUT2D eigenvalue weighted by Gasteiger charge is 2.15. The van der Waals surface area contributed by atoms with E-state index in [2.05, 4.69) is 4.98 Å². The van der Waals surface area contributed by atoms with Gasteiger partial charge in [0.05, 0.1) is 19.8 Å². The third kappa shape index (κ3) is 2.39. The summed E-state index contributed by atoms with van der Waals surface area (Å²) in [6.45, 7) is 0. The lowest BCUT2D eigenvalue weighted by molar-refractivity contribution is 0.399. The number of ether oxygens (including phenoxy) is 2. The molecule has 0 amide bonds. The van der Waals surface area contributed by atoms with E-state index in [1.165, 1.54) is 11.3 Å². The Morgan fingerprint density at radius 2 is 2.14 bits per heavy atom. The van der Waals surface area contributed by atoms with Crippen molar-refractivity contribution in [2.24, 2.45) is 0 Å². The van der Waals surface area contributed by atoms with Crippen molar-refractivity contribution in [1.82, 2.24) is 9.38 Å². The molecule has 0 unspecified atom stereocenters. The van der Waals surface area contributed by atoms with E-state index in [0.717, 1.165) is 5.56 Å². The summed E-state index contributed by atoms with van der Waals surface area (Å²) in [6.07, 6.45) is 2.13. The van der Waals surface area contributed by atoms with Gasteiger partial charge in [0.25, 0.3) is 5.56 Å². The van der Waals surface area contributed by atoms with Crippen LogP contribution in [0.2, 0.25) is 0 Å². The lowest BCUT2D eigenvalue weighted by Crippen LogP contribution is -2.19. The van der Waals surface area contributed by atoms with Crippen LogP contribution in [0, 0.1) is 0 Å². The molecule has 0 aliphatic rings. The summed E-state index contributed by atoms with van der Waals surface area (Å²) < 4.78 is 12.3. The van der Waals surface area contributed by atoms with Gasteiger partial charge < -0.3 is 15.2 Å². The van der Waals surface area contributed by atoms with Crippen molar-refractivity contribution in [3.8, 4) is 11.5 Å². The van der Waals surface area contributed by atoms with Crippen LogP contribution in [0.5, 0.6) is 11.5 Å². The van der Waals surface area contributed by atoms with Crippen LogP contribution in [0.25, 0.3) is 4.96 Å². The minimum Gasteiger partial charge on any atom is -0.497 e. The lowest BCUT2D eigenvalue weighted by atomic mass is 10.1. The minimum absolute atomic E-state index is 0.315. The fraction of sp³-hybridized carbons (Fsp3) is 0.200. The fourth-order valence-electron chi connectivity index (χ4n) is 2.32. The molecule has 0 bridgehead atoms. The Morgan fingerprint density at radius 1 is 1.32 bits per heavy atom. The summed E-state index contributed by atoms with van der Waals surface area (Å²) in [5, 5.41) is 1.84. The van der Waals surface area contributed by atoms with Gasteiger partial charge in [0.2, 0.25) is 0 Å². The number of nitrogens with zero attached hydrogens (tertiary/aromatic N) is 2. The number of methoxy groups -OCH3 is 2. The van der Waals surface area contributed by atoms with Gasteiger partial charge in [-0.15, -0.1) is 11.3 Å². The van der Waals surface area contributed by atoms with Gasteiger partial charge in [-0.2, -0.15) is 4.98 Å². The molecule has 6 nitrogen and oxygen atoms in total. The van der Waals surface area contributed by atoms with Gasteiger partial charge in [-0.1, -0.05) is 0 Å². The number of hydrogen-bond acceptors (Lipinski definition) is 6. The van der Waals surface area contributed by atoms with E-state index in [9.17, 15) is 4.79 Å². The Bertz CT molecular complexity index is 885. The molecule has 0 radical (unpaired) electrons. The van der Waals surface area contributed by atoms with Crippen LogP contribution in [0.15, 0.2) is 34.6 Å². The number of thiazole rings is 1. The van der Waals surface area contributed by atoms with Crippen molar-refractivity contribution in [1.29, 1.82) is 0 Å². The molecule has 22 heavy (non-hydrogen) atoms. The minimum atomic E-state index is -0.315. The van der Waals surface area contributed by atoms with Crippen LogP contribution in [-0.2, 0) is 6.42 Å². The van der Waals surface area contributed by atoms with E-state index >= 15 is 0 Å². The molecule has 7 heteroatoms. The molecule has 2 N–H and O–H groups in total. The van der Waals surface area contributed by atoms with Crippen molar-refractivity contribution in [3.63, 3.8) is 0 Å². The fourth-order valence-corrected chi connectivity index (χ4v) is 3.03. The summed E-state index contributed by atoms with van der Waals surface area (Å²) in [5.74, 6) is 1.77. The third-order valence-corrected chi connectivity index (χ3v) is 4.22. The van der Waals surface area contributed by atoms with Gasteiger partial charge in [0, 0.05) is 23.6 Å². The monoisotopic (exact) mass is 317 g/mol. The SMILES string of the molecule is COc1ccc(OC)c(Cc2c(N)n3ccsc3nc2=O)c1. The largest absolute Gasteiger partial charge is 0.497 e. The highest BCUT2D eigenvalue weighted by molar-refractivity contribution is 7.15. The molecule has 0 atom stereocenters. The molecule has 2 aromatic heterocycles. The van der Waals surface area contributed by atoms with E-state index in [-0.39, 0.29) is 5.56 Å². The molecular formula is C15H15N3O3S. The molecule has 1 aromatic carbocycles. The quantitative estimate of drug-likeness (QED) is 0.795. The number of anilines is 1. The molecule has 0 saturated carbocycles. The number of hydrogen-bond donors (Lipinski definition) is 1. The summed E-state index contributed by atoms with van der Waals surface area (Å²) in [4.78, 5) is 16.9. The van der Waals surface area contributed by atoms with Gasteiger partial charge in [-0.3, -0.25) is 9.20 Å². The van der Waals surface area contributed by atoms with Crippen molar-refractivity contribution in [2.45, 2.75) is 6.42 Å². The Morgan fingerprint density at radius 3 is 2.86 bits per heavy atom. The second kappa shape index (κ2) is 5.69. The highest BCUT2D eigenvalue weighted by Crippen LogP contribution is 2.27. The number of fused-ring (bicyclic) bond motifs is 1. The Balaban J connectivity index is 2.12. The predicted octanol–water partition coefficient (Wildman–Crippen LogP) is 1.95. The summed E-state index contributed by atoms with van der Waals surface area (Å²) in [5.41, 5.74) is 7.09. The molecule has 0 aliphatic carbocycles. The molecular weight excluding hydrogens is 302 g/mol. The Labute approximate surface area is 130 Å². The second-order valence-electron chi connectivity index (χ2n) is 4.69. The topological polar surface area (TPSA) is 78.8 Å². The first-order chi connectivity index (χ1) is 10.6. The standard InChI is InChI=1S/C15H15N3O3S/c1-20-10-3-4-12(21-2)9(7-10)8-11-13(16)18-5-6-22-15(18)17-14(11)19/h3-7H,8,16H2,1-2H3. The van der Waals surface area contributed by atoms with Crippen molar-refractivity contribution < 1.29 is 9.47 Å². The predicted molar refractivity (Wildman–Crippen MR) is 86.1 cm³/mol. The summed E-state index contributed by atoms with van der Waals surface area (Å²) >= 11 is 1.37. The first-order valence-electron chi connectivity index (χ1n) is 6.59. The van der Waals surface area contributed by atoms with Gasteiger partial charge in [-0.25, -0.2) is 0 Å². The molecule has 3 rings (SSSR count). The zero-order chi connectivity index (χ0) is 15.7. The molecule has 2 heterocycles. The maximum absolute atomic E-state index is 12.2. The lowest BCUT2D eigenvalue weighted by Gasteiger charge is -2.11.